The maximum Gasteiger partial charge on any atom is 0.280 e. The van der Waals surface area contributed by atoms with Gasteiger partial charge in [-0.05, 0) is 50.6 Å². The normalized spacial score (nSPS) is 14.1. The zero-order chi connectivity index (χ0) is 22.4. The molecule has 31 heavy (non-hydrogen) atoms. The molecule has 1 N–H and O–H groups in total. The predicted molar refractivity (Wildman–Crippen MR) is 121 cm³/mol. The van der Waals surface area contributed by atoms with Gasteiger partial charge in [0.1, 0.15) is 5.82 Å². The number of fused-ring (bicyclic) bond motifs is 1. The summed E-state index contributed by atoms with van der Waals surface area (Å²) in [5.74, 6) is 0.406. The van der Waals surface area contributed by atoms with Gasteiger partial charge in [0.25, 0.3) is 11.5 Å². The fourth-order valence-corrected chi connectivity index (χ4v) is 4.47. The second-order valence-corrected chi connectivity index (χ2v) is 8.28. The Balaban J connectivity index is 1.68. The van der Waals surface area contributed by atoms with Crippen molar-refractivity contribution in [3.05, 3.63) is 68.0 Å². The van der Waals surface area contributed by atoms with E-state index in [1.165, 1.54) is 6.92 Å². The molecule has 0 fully saturated rings. The lowest BCUT2D eigenvalue weighted by Gasteiger charge is -2.28. The van der Waals surface area contributed by atoms with E-state index in [0.717, 1.165) is 11.2 Å². The second kappa shape index (κ2) is 7.81. The minimum absolute atomic E-state index is 0.0892. The van der Waals surface area contributed by atoms with E-state index < -0.39 is 0 Å². The number of halogens is 1. The fraction of sp³-hybridized carbons (Fsp3) is 0.304. The summed E-state index contributed by atoms with van der Waals surface area (Å²) < 4.78 is 1.95. The van der Waals surface area contributed by atoms with Gasteiger partial charge in [-0.3, -0.25) is 14.4 Å². The summed E-state index contributed by atoms with van der Waals surface area (Å²) in [5, 5.41) is 0.950. The van der Waals surface area contributed by atoms with E-state index in [1.54, 1.807) is 30.9 Å². The van der Waals surface area contributed by atoms with E-state index in [2.05, 4.69) is 9.97 Å². The number of carbonyl (C=O) groups is 2. The molecule has 0 atom stereocenters. The average Bonchev–Trinajstić information content (AvgIpc) is 3.03. The molecule has 1 aliphatic rings. The Labute approximate surface area is 184 Å². The maximum absolute atomic E-state index is 13.2. The fourth-order valence-electron chi connectivity index (χ4n) is 4.30. The molecule has 0 spiro atoms. The van der Waals surface area contributed by atoms with Gasteiger partial charge >= 0.3 is 0 Å². The molecule has 8 heteroatoms. The van der Waals surface area contributed by atoms with Crippen LogP contribution in [0.25, 0.3) is 16.6 Å². The molecule has 1 amide bonds. The SMILES string of the molecule is CC(=O)c1[nH]c(C)c(C(=O)N2CC=C(n3c(C)nc(=O)c4cc(Cl)ccc43)CC2)c1C. The smallest absolute Gasteiger partial charge is 0.280 e. The topological polar surface area (TPSA) is 88.1 Å². The van der Waals surface area contributed by atoms with E-state index in [1.807, 2.05) is 23.6 Å². The highest BCUT2D eigenvalue weighted by Crippen LogP contribution is 2.26. The summed E-state index contributed by atoms with van der Waals surface area (Å²) in [4.78, 5) is 46.3. The molecule has 2 aromatic heterocycles. The van der Waals surface area contributed by atoms with Crippen molar-refractivity contribution in [2.45, 2.75) is 34.1 Å². The summed E-state index contributed by atoms with van der Waals surface area (Å²) in [6.07, 6.45) is 2.59. The molecule has 0 radical (unpaired) electrons. The first-order valence-electron chi connectivity index (χ1n) is 10.1. The van der Waals surface area contributed by atoms with Crippen molar-refractivity contribution in [2.75, 3.05) is 13.1 Å². The van der Waals surface area contributed by atoms with E-state index in [9.17, 15) is 14.4 Å². The lowest BCUT2D eigenvalue weighted by atomic mass is 10.1. The molecule has 0 aliphatic carbocycles. The number of ketones is 1. The minimum Gasteiger partial charge on any atom is -0.355 e. The molecule has 0 unspecified atom stereocenters. The van der Waals surface area contributed by atoms with Crippen LogP contribution < -0.4 is 5.56 Å². The molecule has 0 saturated carbocycles. The van der Waals surface area contributed by atoms with Crippen LogP contribution in [-0.2, 0) is 0 Å². The van der Waals surface area contributed by atoms with Crippen LogP contribution >= 0.6 is 11.6 Å². The number of nitrogens with one attached hydrogen (secondary N) is 1. The van der Waals surface area contributed by atoms with Crippen LogP contribution in [0.2, 0.25) is 5.02 Å². The summed E-state index contributed by atoms with van der Waals surface area (Å²) in [7, 11) is 0. The average molecular weight is 439 g/mol. The van der Waals surface area contributed by atoms with Crippen LogP contribution in [-0.4, -0.2) is 44.2 Å². The number of Topliss-reactive ketones (excluding diaryl/α,β-unsaturated/α-hetero) is 1. The Kier molecular flexibility index (Phi) is 5.31. The zero-order valence-electron chi connectivity index (χ0n) is 17.9. The number of aromatic nitrogens is 3. The van der Waals surface area contributed by atoms with Crippen LogP contribution in [0.15, 0.2) is 29.1 Å². The van der Waals surface area contributed by atoms with Gasteiger partial charge in [-0.1, -0.05) is 11.6 Å². The third kappa shape index (κ3) is 3.59. The third-order valence-electron chi connectivity index (χ3n) is 5.78. The molecular weight excluding hydrogens is 416 g/mol. The molecular formula is C23H23ClN4O3. The first kappa shape index (κ1) is 21.1. The third-order valence-corrected chi connectivity index (χ3v) is 6.01. The Morgan fingerprint density at radius 3 is 2.55 bits per heavy atom. The van der Waals surface area contributed by atoms with Crippen LogP contribution in [0, 0.1) is 20.8 Å². The van der Waals surface area contributed by atoms with Gasteiger partial charge in [-0.25, -0.2) is 0 Å². The lowest BCUT2D eigenvalue weighted by molar-refractivity contribution is 0.0771. The van der Waals surface area contributed by atoms with E-state index in [0.29, 0.717) is 58.3 Å². The predicted octanol–water partition coefficient (Wildman–Crippen LogP) is 3.89. The van der Waals surface area contributed by atoms with E-state index >= 15 is 0 Å². The summed E-state index contributed by atoms with van der Waals surface area (Å²) >= 11 is 6.07. The molecule has 0 bridgehead atoms. The van der Waals surface area contributed by atoms with Crippen molar-refractivity contribution >= 4 is 39.9 Å². The highest BCUT2D eigenvalue weighted by molar-refractivity contribution is 6.31. The van der Waals surface area contributed by atoms with Crippen LogP contribution in [0.1, 0.15) is 51.3 Å². The van der Waals surface area contributed by atoms with Gasteiger partial charge in [0.15, 0.2) is 5.78 Å². The van der Waals surface area contributed by atoms with Crippen LogP contribution in [0.4, 0.5) is 0 Å². The molecule has 3 aromatic rings. The highest BCUT2D eigenvalue weighted by atomic mass is 35.5. The van der Waals surface area contributed by atoms with Crippen molar-refractivity contribution in [2.24, 2.45) is 0 Å². The van der Waals surface area contributed by atoms with Gasteiger partial charge in [0, 0.05) is 42.8 Å². The lowest BCUT2D eigenvalue weighted by Crippen LogP contribution is -2.36. The monoisotopic (exact) mass is 438 g/mol. The summed E-state index contributed by atoms with van der Waals surface area (Å²) in [6.45, 7) is 7.83. The number of amides is 1. The highest BCUT2D eigenvalue weighted by Gasteiger charge is 2.26. The van der Waals surface area contributed by atoms with Gasteiger partial charge in [-0.15, -0.1) is 0 Å². The molecule has 1 aliphatic heterocycles. The van der Waals surface area contributed by atoms with Gasteiger partial charge in [0.2, 0.25) is 0 Å². The van der Waals surface area contributed by atoms with E-state index in [-0.39, 0.29) is 17.2 Å². The molecule has 7 nitrogen and oxygen atoms in total. The molecule has 1 aromatic carbocycles. The summed E-state index contributed by atoms with van der Waals surface area (Å²) in [6, 6.07) is 5.20. The molecule has 160 valence electrons. The number of hydrogen-bond donors (Lipinski definition) is 1. The second-order valence-electron chi connectivity index (χ2n) is 7.84. The minimum atomic E-state index is -0.306. The number of hydrogen-bond acceptors (Lipinski definition) is 4. The summed E-state index contributed by atoms with van der Waals surface area (Å²) in [5.41, 5.74) is 3.85. The first-order chi connectivity index (χ1) is 14.7. The molecule has 3 heterocycles. The number of carbonyl (C=O) groups excluding carboxylic acids is 2. The van der Waals surface area contributed by atoms with E-state index in [4.69, 9.17) is 11.6 Å². The van der Waals surface area contributed by atoms with Crippen LogP contribution in [0.5, 0.6) is 0 Å². The van der Waals surface area contributed by atoms with Crippen molar-refractivity contribution in [3.8, 4) is 0 Å². The largest absolute Gasteiger partial charge is 0.355 e. The number of nitrogens with zero attached hydrogens (tertiary/aromatic N) is 3. The van der Waals surface area contributed by atoms with Crippen molar-refractivity contribution < 1.29 is 9.59 Å². The first-order valence-corrected chi connectivity index (χ1v) is 10.4. The number of H-pyrrole nitrogens is 1. The van der Waals surface area contributed by atoms with Crippen molar-refractivity contribution in [1.82, 2.24) is 19.4 Å². The maximum atomic E-state index is 13.2. The number of aryl methyl sites for hydroxylation is 2. The van der Waals surface area contributed by atoms with Crippen molar-refractivity contribution in [1.29, 1.82) is 0 Å². The molecule has 0 saturated heterocycles. The van der Waals surface area contributed by atoms with Gasteiger partial charge in [-0.2, -0.15) is 4.98 Å². The van der Waals surface area contributed by atoms with Gasteiger partial charge in [0.05, 0.1) is 22.2 Å². The Morgan fingerprint density at radius 2 is 1.94 bits per heavy atom. The zero-order valence-corrected chi connectivity index (χ0v) is 18.6. The van der Waals surface area contributed by atoms with Crippen molar-refractivity contribution in [3.63, 3.8) is 0 Å². The Hall–Kier alpha value is -3.19. The van der Waals surface area contributed by atoms with Crippen LogP contribution in [0.3, 0.4) is 0 Å². The number of benzene rings is 1. The standard InChI is InChI=1S/C23H23ClN4O3/c1-12-20(13(2)25-21(12)14(3)29)23(31)27-9-7-17(8-10-27)28-15(4)26-22(30)18-11-16(24)5-6-19(18)28/h5-7,11,25H,8-10H2,1-4H3. The Morgan fingerprint density at radius 1 is 1.19 bits per heavy atom. The quantitative estimate of drug-likeness (QED) is 0.628. The Bertz CT molecular complexity index is 1330. The van der Waals surface area contributed by atoms with Gasteiger partial charge < -0.3 is 14.5 Å². The number of aromatic amines is 1. The molecule has 4 rings (SSSR count). The number of rotatable bonds is 3.